The summed E-state index contributed by atoms with van der Waals surface area (Å²) >= 11 is 0. The van der Waals surface area contributed by atoms with Crippen LogP contribution < -0.4 is 0 Å². The molecule has 0 spiro atoms. The van der Waals surface area contributed by atoms with E-state index in [1.807, 2.05) is 18.2 Å². The summed E-state index contributed by atoms with van der Waals surface area (Å²) in [7, 11) is 0. The summed E-state index contributed by atoms with van der Waals surface area (Å²) < 4.78 is 0. The Morgan fingerprint density at radius 1 is 1.32 bits per heavy atom. The van der Waals surface area contributed by atoms with Crippen LogP contribution in [0.4, 0.5) is 0 Å². The van der Waals surface area contributed by atoms with E-state index in [1.54, 1.807) is 0 Å². The predicted octanol–water partition coefficient (Wildman–Crippen LogP) is 4.24. The van der Waals surface area contributed by atoms with E-state index in [0.717, 1.165) is 44.1 Å². The normalized spacial score (nSPS) is 25.2. The molecule has 4 heteroatoms. The number of aliphatic hydroxyl groups excluding tert-OH is 2. The van der Waals surface area contributed by atoms with Gasteiger partial charge < -0.3 is 15.3 Å². The second-order valence-electron chi connectivity index (χ2n) is 7.05. The Morgan fingerprint density at radius 3 is 2.76 bits per heavy atom. The first-order valence-corrected chi connectivity index (χ1v) is 9.54. The molecule has 1 aliphatic carbocycles. The summed E-state index contributed by atoms with van der Waals surface area (Å²) in [5.74, 6) is -0.579. The second-order valence-corrected chi connectivity index (χ2v) is 7.05. The fourth-order valence-electron chi connectivity index (χ4n) is 3.37. The molecule has 4 atom stereocenters. The minimum absolute atomic E-state index is 0.00278. The summed E-state index contributed by atoms with van der Waals surface area (Å²) in [4.78, 5) is 10.5. The summed E-state index contributed by atoms with van der Waals surface area (Å²) in [5.41, 5.74) is 1.05. The molecule has 1 saturated carbocycles. The van der Waals surface area contributed by atoms with Gasteiger partial charge in [-0.05, 0) is 38.0 Å². The molecule has 0 amide bonds. The molecule has 0 saturated heterocycles. The van der Waals surface area contributed by atoms with Crippen molar-refractivity contribution in [3.8, 4) is 0 Å². The highest BCUT2D eigenvalue weighted by Gasteiger charge is 2.35. The summed E-state index contributed by atoms with van der Waals surface area (Å²) in [5, 5.41) is 28.9. The number of carboxylic acids is 1. The lowest BCUT2D eigenvalue weighted by molar-refractivity contribution is -0.137. The number of allylic oxidation sites excluding steroid dienone is 2. The number of hydrogen-bond donors (Lipinski definition) is 3. The molecule has 0 aromatic rings. The maximum absolute atomic E-state index is 10.5. The quantitative estimate of drug-likeness (QED) is 0.363. The average Bonchev–Trinajstić information content (AvgIpc) is 2.82. The van der Waals surface area contributed by atoms with Crippen LogP contribution >= 0.6 is 0 Å². The topological polar surface area (TPSA) is 77.8 Å². The predicted molar refractivity (Wildman–Crippen MR) is 101 cm³/mol. The Labute approximate surface area is 152 Å². The van der Waals surface area contributed by atoms with Gasteiger partial charge in [-0.3, -0.25) is 4.79 Å². The molecule has 4 nitrogen and oxygen atoms in total. The van der Waals surface area contributed by atoms with Crippen LogP contribution in [0.15, 0.2) is 36.5 Å². The molecule has 1 rings (SSSR count). The number of unbranched alkanes of at least 4 members (excludes halogenated alkanes) is 3. The third kappa shape index (κ3) is 8.50. The highest BCUT2D eigenvalue weighted by atomic mass is 16.4. The van der Waals surface area contributed by atoms with Gasteiger partial charge in [0.2, 0.25) is 0 Å². The van der Waals surface area contributed by atoms with Crippen LogP contribution in [0.25, 0.3) is 0 Å². The van der Waals surface area contributed by atoms with Crippen molar-refractivity contribution < 1.29 is 20.1 Å². The summed E-state index contributed by atoms with van der Waals surface area (Å²) in [6, 6.07) is 0. The monoisotopic (exact) mass is 350 g/mol. The van der Waals surface area contributed by atoms with E-state index in [2.05, 4.69) is 19.6 Å². The summed E-state index contributed by atoms with van der Waals surface area (Å²) in [6.07, 6.45) is 14.0. The van der Waals surface area contributed by atoms with Gasteiger partial charge in [0, 0.05) is 12.3 Å². The standard InChI is InChI=1S/C21H34O4/c1-3-4-7-10-17(22)13-14-19-18(16(2)15-20(19)23)11-8-5-6-9-12-21(24)25/h5,8,13-14,17-20,22-23H,2-4,6-7,9-12,15H2,1H3,(H,24,25)/b8-5-,14-13+/t17-,18-,19+,20-/m0/s1. The van der Waals surface area contributed by atoms with E-state index in [1.165, 1.54) is 0 Å². The van der Waals surface area contributed by atoms with Gasteiger partial charge in [0.15, 0.2) is 0 Å². The largest absolute Gasteiger partial charge is 0.481 e. The van der Waals surface area contributed by atoms with Crippen LogP contribution in [-0.2, 0) is 4.79 Å². The highest BCUT2D eigenvalue weighted by molar-refractivity contribution is 5.66. The number of carboxylic acid groups (broad SMARTS) is 1. The average molecular weight is 350 g/mol. The lowest BCUT2D eigenvalue weighted by Gasteiger charge is -2.18. The van der Waals surface area contributed by atoms with Crippen molar-refractivity contribution >= 4 is 5.97 Å². The lowest BCUT2D eigenvalue weighted by atomic mass is 9.89. The second kappa shape index (κ2) is 12.0. The molecule has 0 aromatic carbocycles. The Balaban J connectivity index is 2.48. The van der Waals surface area contributed by atoms with Gasteiger partial charge in [-0.25, -0.2) is 0 Å². The number of hydrogen-bond acceptors (Lipinski definition) is 3. The molecular formula is C21H34O4. The molecule has 3 N–H and O–H groups in total. The molecule has 0 bridgehead atoms. The van der Waals surface area contributed by atoms with Crippen molar-refractivity contribution in [2.24, 2.45) is 11.8 Å². The minimum Gasteiger partial charge on any atom is -0.481 e. The third-order valence-electron chi connectivity index (χ3n) is 4.88. The number of carbonyl (C=O) groups is 1. The first-order valence-electron chi connectivity index (χ1n) is 9.54. The van der Waals surface area contributed by atoms with Gasteiger partial charge >= 0.3 is 5.97 Å². The highest BCUT2D eigenvalue weighted by Crippen LogP contribution is 2.39. The molecule has 0 radical (unpaired) electrons. The zero-order valence-electron chi connectivity index (χ0n) is 15.4. The number of rotatable bonds is 12. The van der Waals surface area contributed by atoms with Gasteiger partial charge in [-0.1, -0.05) is 62.6 Å². The van der Waals surface area contributed by atoms with Crippen LogP contribution in [0.5, 0.6) is 0 Å². The Hall–Kier alpha value is -1.39. The van der Waals surface area contributed by atoms with Crippen molar-refractivity contribution in [3.63, 3.8) is 0 Å². The molecular weight excluding hydrogens is 316 g/mol. The van der Waals surface area contributed by atoms with E-state index in [0.29, 0.717) is 12.8 Å². The van der Waals surface area contributed by atoms with Crippen LogP contribution in [0.2, 0.25) is 0 Å². The van der Waals surface area contributed by atoms with Crippen molar-refractivity contribution in [2.45, 2.75) is 76.9 Å². The minimum atomic E-state index is -0.761. The number of aliphatic hydroxyl groups is 2. The Bertz CT molecular complexity index is 467. The van der Waals surface area contributed by atoms with Crippen LogP contribution in [0, 0.1) is 11.8 Å². The number of aliphatic carboxylic acids is 1. The Morgan fingerprint density at radius 2 is 2.08 bits per heavy atom. The van der Waals surface area contributed by atoms with Crippen molar-refractivity contribution in [1.82, 2.24) is 0 Å². The molecule has 1 fully saturated rings. The fourth-order valence-corrected chi connectivity index (χ4v) is 3.37. The first-order chi connectivity index (χ1) is 12.0. The van der Waals surface area contributed by atoms with Crippen LogP contribution in [0.1, 0.15) is 64.7 Å². The van der Waals surface area contributed by atoms with E-state index >= 15 is 0 Å². The zero-order valence-corrected chi connectivity index (χ0v) is 15.4. The van der Waals surface area contributed by atoms with Crippen LogP contribution in [-0.4, -0.2) is 33.5 Å². The molecule has 1 aliphatic rings. The molecule has 142 valence electrons. The van der Waals surface area contributed by atoms with Gasteiger partial charge in [-0.15, -0.1) is 0 Å². The van der Waals surface area contributed by atoms with Gasteiger partial charge in [-0.2, -0.15) is 0 Å². The zero-order chi connectivity index (χ0) is 18.7. The molecule has 25 heavy (non-hydrogen) atoms. The maximum Gasteiger partial charge on any atom is 0.303 e. The maximum atomic E-state index is 10.5. The molecule has 0 heterocycles. The first kappa shape index (κ1) is 21.7. The van der Waals surface area contributed by atoms with Crippen LogP contribution in [0.3, 0.4) is 0 Å². The Kier molecular flexibility index (Phi) is 10.4. The van der Waals surface area contributed by atoms with E-state index in [-0.39, 0.29) is 18.3 Å². The van der Waals surface area contributed by atoms with E-state index in [4.69, 9.17) is 5.11 Å². The van der Waals surface area contributed by atoms with Gasteiger partial charge in [0.25, 0.3) is 0 Å². The van der Waals surface area contributed by atoms with E-state index < -0.39 is 18.2 Å². The van der Waals surface area contributed by atoms with Crippen molar-refractivity contribution in [3.05, 3.63) is 36.5 Å². The van der Waals surface area contributed by atoms with Gasteiger partial charge in [0.05, 0.1) is 12.2 Å². The summed E-state index contributed by atoms with van der Waals surface area (Å²) in [6.45, 7) is 6.24. The molecule has 0 aliphatic heterocycles. The van der Waals surface area contributed by atoms with Crippen molar-refractivity contribution in [2.75, 3.05) is 0 Å². The SMILES string of the molecule is C=C1C[C@H](O)[C@H](/C=C/[C@@H](O)CCCCC)[C@H]1C/C=C\CCCC(=O)O. The molecule has 0 aromatic heterocycles. The van der Waals surface area contributed by atoms with Crippen molar-refractivity contribution in [1.29, 1.82) is 0 Å². The van der Waals surface area contributed by atoms with Gasteiger partial charge in [0.1, 0.15) is 0 Å². The van der Waals surface area contributed by atoms with E-state index in [9.17, 15) is 15.0 Å². The molecule has 0 unspecified atom stereocenters. The third-order valence-corrected chi connectivity index (χ3v) is 4.88. The fraction of sp³-hybridized carbons (Fsp3) is 0.667. The smallest absolute Gasteiger partial charge is 0.303 e. The lowest BCUT2D eigenvalue weighted by Crippen LogP contribution is -2.17.